The lowest BCUT2D eigenvalue weighted by Crippen LogP contribution is -2.46. The Morgan fingerprint density at radius 2 is 1.95 bits per heavy atom. The van der Waals surface area contributed by atoms with E-state index in [1.165, 1.54) is 19.6 Å². The third-order valence-electron chi connectivity index (χ3n) is 3.73. The van der Waals surface area contributed by atoms with Crippen LogP contribution in [0.25, 0.3) is 0 Å². The Labute approximate surface area is 123 Å². The summed E-state index contributed by atoms with van der Waals surface area (Å²) in [5.41, 5.74) is 0. The van der Waals surface area contributed by atoms with Crippen molar-refractivity contribution in [2.24, 2.45) is 0 Å². The van der Waals surface area contributed by atoms with Gasteiger partial charge >= 0.3 is 5.97 Å². The number of likely N-dealkylation sites (N-methyl/N-ethyl adjacent to an activating group) is 1. The summed E-state index contributed by atoms with van der Waals surface area (Å²) >= 11 is 0. The molecule has 1 rings (SSSR count). The molecule has 1 fully saturated rings. The summed E-state index contributed by atoms with van der Waals surface area (Å²) in [6.45, 7) is 10.4. The van der Waals surface area contributed by atoms with Crippen LogP contribution in [0, 0.1) is 0 Å². The number of ether oxygens (including phenoxy) is 1. The molecule has 0 aliphatic carbocycles. The molecule has 1 aliphatic heterocycles. The van der Waals surface area contributed by atoms with E-state index in [9.17, 15) is 4.79 Å². The number of rotatable bonds is 10. The minimum atomic E-state index is -0.0560. The van der Waals surface area contributed by atoms with Crippen molar-refractivity contribution < 1.29 is 9.53 Å². The smallest absolute Gasteiger partial charge is 0.305 e. The predicted molar refractivity (Wildman–Crippen MR) is 81.9 cm³/mol. The minimum Gasteiger partial charge on any atom is -0.466 e. The van der Waals surface area contributed by atoms with Gasteiger partial charge in [-0.1, -0.05) is 6.42 Å². The molecule has 1 heterocycles. The van der Waals surface area contributed by atoms with Crippen molar-refractivity contribution in [3.8, 4) is 0 Å². The third-order valence-corrected chi connectivity index (χ3v) is 3.73. The van der Waals surface area contributed by atoms with Gasteiger partial charge in [0.2, 0.25) is 0 Å². The van der Waals surface area contributed by atoms with Crippen LogP contribution in [0.15, 0.2) is 0 Å². The van der Waals surface area contributed by atoms with Gasteiger partial charge in [0.1, 0.15) is 0 Å². The highest BCUT2D eigenvalue weighted by Gasteiger charge is 2.09. The maximum absolute atomic E-state index is 11.2. The molecule has 1 aliphatic rings. The zero-order valence-electron chi connectivity index (χ0n) is 13.2. The molecule has 5 heteroatoms. The normalized spacial score (nSPS) is 16.6. The first-order chi connectivity index (χ1) is 9.72. The highest BCUT2D eigenvalue weighted by Crippen LogP contribution is 2.03. The summed E-state index contributed by atoms with van der Waals surface area (Å²) in [6, 6.07) is 0. The number of nitrogens with one attached hydrogen (secondary N) is 1. The molecule has 5 nitrogen and oxygen atoms in total. The third kappa shape index (κ3) is 8.51. The average Bonchev–Trinajstić information content (AvgIpc) is 2.46. The van der Waals surface area contributed by atoms with Crippen LogP contribution in [-0.4, -0.2) is 75.2 Å². The SMILES string of the molecule is CCOC(=O)CCCCCN(C)CCN1CCNCC1. The lowest BCUT2D eigenvalue weighted by Gasteiger charge is -2.29. The Kier molecular flexibility index (Phi) is 9.62. The van der Waals surface area contributed by atoms with Crippen molar-refractivity contribution in [3.63, 3.8) is 0 Å². The van der Waals surface area contributed by atoms with Crippen molar-refractivity contribution in [3.05, 3.63) is 0 Å². The average molecular weight is 285 g/mol. The topological polar surface area (TPSA) is 44.8 Å². The van der Waals surface area contributed by atoms with Crippen molar-refractivity contribution >= 4 is 5.97 Å². The van der Waals surface area contributed by atoms with Gasteiger partial charge < -0.3 is 15.0 Å². The Morgan fingerprint density at radius 3 is 2.65 bits per heavy atom. The summed E-state index contributed by atoms with van der Waals surface area (Å²) in [5, 5.41) is 3.38. The van der Waals surface area contributed by atoms with Gasteiger partial charge in [0, 0.05) is 45.7 Å². The summed E-state index contributed by atoms with van der Waals surface area (Å²) < 4.78 is 4.92. The van der Waals surface area contributed by atoms with Gasteiger partial charge in [-0.2, -0.15) is 0 Å². The fraction of sp³-hybridized carbons (Fsp3) is 0.933. The number of piperazine rings is 1. The van der Waals surface area contributed by atoms with Crippen LogP contribution in [0.5, 0.6) is 0 Å². The van der Waals surface area contributed by atoms with Crippen LogP contribution in [0.2, 0.25) is 0 Å². The predicted octanol–water partition coefficient (Wildman–Crippen LogP) is 0.947. The Bertz CT molecular complexity index is 256. The number of nitrogens with zero attached hydrogens (tertiary/aromatic N) is 2. The molecule has 1 saturated heterocycles. The van der Waals surface area contributed by atoms with Crippen LogP contribution in [-0.2, 0) is 9.53 Å². The van der Waals surface area contributed by atoms with Gasteiger partial charge in [-0.15, -0.1) is 0 Å². The molecular weight excluding hydrogens is 254 g/mol. The highest BCUT2D eigenvalue weighted by molar-refractivity contribution is 5.69. The standard InChI is InChI=1S/C15H31N3O2/c1-3-20-15(19)7-5-4-6-10-17(2)13-14-18-11-8-16-9-12-18/h16H,3-14H2,1-2H3. The fourth-order valence-corrected chi connectivity index (χ4v) is 2.42. The van der Waals surface area contributed by atoms with E-state index in [-0.39, 0.29) is 5.97 Å². The molecule has 0 spiro atoms. The molecule has 118 valence electrons. The molecule has 20 heavy (non-hydrogen) atoms. The van der Waals surface area contributed by atoms with Crippen LogP contribution in [0.1, 0.15) is 32.6 Å². The first-order valence-electron chi connectivity index (χ1n) is 7.99. The van der Waals surface area contributed by atoms with Crippen LogP contribution < -0.4 is 5.32 Å². The van der Waals surface area contributed by atoms with E-state index in [1.54, 1.807) is 0 Å². The Morgan fingerprint density at radius 1 is 1.20 bits per heavy atom. The highest BCUT2D eigenvalue weighted by atomic mass is 16.5. The van der Waals surface area contributed by atoms with Crippen molar-refractivity contribution in [2.75, 3.05) is 59.5 Å². The molecule has 0 bridgehead atoms. The van der Waals surface area contributed by atoms with E-state index < -0.39 is 0 Å². The second-order valence-corrected chi connectivity index (χ2v) is 5.51. The molecule has 0 atom stereocenters. The van der Waals surface area contributed by atoms with Gasteiger partial charge in [0.05, 0.1) is 6.61 Å². The second-order valence-electron chi connectivity index (χ2n) is 5.51. The van der Waals surface area contributed by atoms with E-state index in [4.69, 9.17) is 4.74 Å². The first kappa shape index (κ1) is 17.4. The number of hydrogen-bond acceptors (Lipinski definition) is 5. The van der Waals surface area contributed by atoms with Crippen molar-refractivity contribution in [1.82, 2.24) is 15.1 Å². The minimum absolute atomic E-state index is 0.0560. The molecule has 0 radical (unpaired) electrons. The largest absolute Gasteiger partial charge is 0.466 e. The summed E-state index contributed by atoms with van der Waals surface area (Å²) in [4.78, 5) is 16.1. The molecule has 1 N–H and O–H groups in total. The van der Waals surface area contributed by atoms with Gasteiger partial charge in [-0.05, 0) is 33.4 Å². The van der Waals surface area contributed by atoms with Crippen LogP contribution in [0.3, 0.4) is 0 Å². The maximum Gasteiger partial charge on any atom is 0.305 e. The molecular formula is C15H31N3O2. The zero-order chi connectivity index (χ0) is 14.6. The number of carbonyl (C=O) groups excluding carboxylic acids is 1. The number of esters is 1. The molecule has 0 amide bonds. The van der Waals surface area contributed by atoms with Gasteiger partial charge in [-0.25, -0.2) is 0 Å². The van der Waals surface area contributed by atoms with Gasteiger partial charge in [0.25, 0.3) is 0 Å². The number of hydrogen-bond donors (Lipinski definition) is 1. The van der Waals surface area contributed by atoms with Crippen molar-refractivity contribution in [1.29, 1.82) is 0 Å². The van der Waals surface area contributed by atoms with E-state index in [1.807, 2.05) is 6.92 Å². The summed E-state index contributed by atoms with van der Waals surface area (Å²) in [5.74, 6) is -0.0560. The van der Waals surface area contributed by atoms with E-state index in [0.717, 1.165) is 45.4 Å². The molecule has 0 aromatic rings. The monoisotopic (exact) mass is 285 g/mol. The Balaban J connectivity index is 1.91. The quantitative estimate of drug-likeness (QED) is 0.478. The number of unbranched alkanes of at least 4 members (excludes halogenated alkanes) is 2. The van der Waals surface area contributed by atoms with Crippen LogP contribution in [0.4, 0.5) is 0 Å². The maximum atomic E-state index is 11.2. The fourth-order valence-electron chi connectivity index (χ4n) is 2.42. The number of carbonyl (C=O) groups is 1. The molecule has 0 aromatic heterocycles. The van der Waals surface area contributed by atoms with Gasteiger partial charge in [0.15, 0.2) is 0 Å². The van der Waals surface area contributed by atoms with Crippen LogP contribution >= 0.6 is 0 Å². The molecule has 0 aromatic carbocycles. The zero-order valence-corrected chi connectivity index (χ0v) is 13.2. The van der Waals surface area contributed by atoms with Gasteiger partial charge in [-0.3, -0.25) is 9.69 Å². The lowest BCUT2D eigenvalue weighted by molar-refractivity contribution is -0.143. The molecule has 0 unspecified atom stereocenters. The second kappa shape index (κ2) is 11.1. The first-order valence-corrected chi connectivity index (χ1v) is 7.99. The van der Waals surface area contributed by atoms with E-state index >= 15 is 0 Å². The summed E-state index contributed by atoms with van der Waals surface area (Å²) in [7, 11) is 2.19. The lowest BCUT2D eigenvalue weighted by atomic mass is 10.2. The van der Waals surface area contributed by atoms with E-state index in [0.29, 0.717) is 13.0 Å². The summed E-state index contributed by atoms with van der Waals surface area (Å²) in [6.07, 6.45) is 3.79. The molecule has 0 saturated carbocycles. The van der Waals surface area contributed by atoms with Crippen molar-refractivity contribution in [2.45, 2.75) is 32.6 Å². The van der Waals surface area contributed by atoms with E-state index in [2.05, 4.69) is 22.2 Å². The Hall–Kier alpha value is -0.650.